The van der Waals surface area contributed by atoms with Gasteiger partial charge in [-0.05, 0) is 48.2 Å². The molecule has 1 aliphatic carbocycles. The molecule has 1 N–H and O–H groups in total. The smallest absolute Gasteiger partial charge is 0.273 e. The maximum Gasteiger partial charge on any atom is 0.273 e. The van der Waals surface area contributed by atoms with E-state index in [1.165, 1.54) is 0 Å². The zero-order valence-corrected chi connectivity index (χ0v) is 21.0. The first-order valence-electron chi connectivity index (χ1n) is 11.8. The number of amides is 2. The van der Waals surface area contributed by atoms with Crippen molar-refractivity contribution in [1.29, 1.82) is 0 Å². The van der Waals surface area contributed by atoms with E-state index in [0.29, 0.717) is 40.4 Å². The van der Waals surface area contributed by atoms with Gasteiger partial charge in [0, 0.05) is 25.1 Å². The van der Waals surface area contributed by atoms with Crippen LogP contribution in [0.4, 0.5) is 0 Å². The van der Waals surface area contributed by atoms with Gasteiger partial charge in [-0.3, -0.25) is 9.59 Å². The van der Waals surface area contributed by atoms with Gasteiger partial charge in [0.15, 0.2) is 23.0 Å². The summed E-state index contributed by atoms with van der Waals surface area (Å²) in [6, 6.07) is 12.4. The molecule has 188 valence electrons. The molecule has 0 atom stereocenters. The first kappa shape index (κ1) is 24.5. The molecule has 2 heterocycles. The van der Waals surface area contributed by atoms with E-state index in [0.717, 1.165) is 36.8 Å². The Labute approximate surface area is 218 Å². The van der Waals surface area contributed by atoms with Crippen LogP contribution in [0.25, 0.3) is 0 Å². The lowest BCUT2D eigenvalue weighted by Crippen LogP contribution is -2.34. The predicted molar refractivity (Wildman–Crippen MR) is 133 cm³/mol. The summed E-state index contributed by atoms with van der Waals surface area (Å²) in [5.41, 5.74) is 1.87. The van der Waals surface area contributed by atoms with Crippen LogP contribution in [0.5, 0.6) is 11.5 Å². The van der Waals surface area contributed by atoms with Gasteiger partial charge in [0.25, 0.3) is 5.91 Å². The largest absolute Gasteiger partial charge is 0.454 e. The van der Waals surface area contributed by atoms with Crippen molar-refractivity contribution in [3.8, 4) is 11.5 Å². The highest BCUT2D eigenvalue weighted by Gasteiger charge is 2.28. The number of ether oxygens (including phenoxy) is 2. The average molecular weight is 530 g/mol. The molecule has 0 saturated heterocycles. The van der Waals surface area contributed by atoms with Crippen LogP contribution in [-0.2, 0) is 24.4 Å². The standard InChI is InChI=1S/C26H25Cl2N3O5/c27-20-7-5-17(9-21(20)28)13-31(26(33)18-3-1-2-4-18)14-19-11-22(30-36-19)25(32)29-12-16-6-8-23-24(10-16)35-15-34-23/h5-11,18H,1-4,12-15H2,(H,29,32). The Morgan fingerprint density at radius 2 is 1.72 bits per heavy atom. The predicted octanol–water partition coefficient (Wildman–Crippen LogP) is 5.36. The Balaban J connectivity index is 1.25. The SMILES string of the molecule is O=C(NCc1ccc2c(c1)OCO2)c1cc(CN(Cc2ccc(Cl)c(Cl)c2)C(=O)C2CCCC2)on1. The minimum absolute atomic E-state index is 0.0137. The second kappa shape index (κ2) is 10.8. The molecular weight excluding hydrogens is 505 g/mol. The van der Waals surface area contributed by atoms with Crippen LogP contribution in [0.3, 0.4) is 0 Å². The highest BCUT2D eigenvalue weighted by atomic mass is 35.5. The second-order valence-electron chi connectivity index (χ2n) is 8.97. The molecule has 1 aromatic heterocycles. The Morgan fingerprint density at radius 3 is 2.53 bits per heavy atom. The number of halogens is 2. The number of carbonyl (C=O) groups excluding carboxylic acids is 2. The third kappa shape index (κ3) is 5.60. The van der Waals surface area contributed by atoms with Crippen molar-refractivity contribution < 1.29 is 23.6 Å². The number of fused-ring (bicyclic) bond motifs is 1. The minimum Gasteiger partial charge on any atom is -0.454 e. The van der Waals surface area contributed by atoms with E-state index in [-0.39, 0.29) is 36.8 Å². The van der Waals surface area contributed by atoms with Crippen LogP contribution in [0.2, 0.25) is 10.0 Å². The summed E-state index contributed by atoms with van der Waals surface area (Å²) in [6.45, 7) is 1.02. The van der Waals surface area contributed by atoms with Gasteiger partial charge >= 0.3 is 0 Å². The molecule has 2 aliphatic rings. The molecule has 2 amide bonds. The summed E-state index contributed by atoms with van der Waals surface area (Å²) in [5, 5.41) is 7.64. The molecule has 3 aromatic rings. The lowest BCUT2D eigenvalue weighted by Gasteiger charge is -2.25. The number of nitrogens with one attached hydrogen (secondary N) is 1. The molecule has 0 spiro atoms. The Hall–Kier alpha value is -3.23. The van der Waals surface area contributed by atoms with Crippen LogP contribution in [0.1, 0.15) is 53.1 Å². The molecule has 0 radical (unpaired) electrons. The third-order valence-corrected chi connectivity index (χ3v) is 7.14. The summed E-state index contributed by atoms with van der Waals surface area (Å²) < 4.78 is 16.1. The molecule has 8 nitrogen and oxygen atoms in total. The molecule has 1 aliphatic heterocycles. The molecule has 36 heavy (non-hydrogen) atoms. The van der Waals surface area contributed by atoms with E-state index in [1.807, 2.05) is 24.3 Å². The molecule has 0 unspecified atom stereocenters. The molecule has 0 bridgehead atoms. The van der Waals surface area contributed by atoms with E-state index in [1.54, 1.807) is 23.1 Å². The first-order chi connectivity index (χ1) is 17.5. The van der Waals surface area contributed by atoms with E-state index in [2.05, 4.69) is 10.5 Å². The summed E-state index contributed by atoms with van der Waals surface area (Å²) in [6.07, 6.45) is 3.85. The van der Waals surface area contributed by atoms with Crippen molar-refractivity contribution in [3.63, 3.8) is 0 Å². The van der Waals surface area contributed by atoms with Crippen LogP contribution in [0, 0.1) is 5.92 Å². The highest BCUT2D eigenvalue weighted by molar-refractivity contribution is 6.42. The van der Waals surface area contributed by atoms with Crippen molar-refractivity contribution >= 4 is 35.0 Å². The molecule has 5 rings (SSSR count). The lowest BCUT2D eigenvalue weighted by atomic mass is 10.1. The normalized spacial score (nSPS) is 14.7. The molecule has 1 saturated carbocycles. The van der Waals surface area contributed by atoms with E-state index in [4.69, 9.17) is 37.2 Å². The molecule has 2 aromatic carbocycles. The zero-order valence-electron chi connectivity index (χ0n) is 19.5. The Morgan fingerprint density at radius 1 is 0.944 bits per heavy atom. The number of carbonyl (C=O) groups is 2. The monoisotopic (exact) mass is 529 g/mol. The maximum absolute atomic E-state index is 13.3. The molecular formula is C26H25Cl2N3O5. The van der Waals surface area contributed by atoms with E-state index < -0.39 is 0 Å². The number of aromatic nitrogens is 1. The van der Waals surface area contributed by atoms with Gasteiger partial charge in [-0.2, -0.15) is 0 Å². The van der Waals surface area contributed by atoms with Gasteiger partial charge in [-0.25, -0.2) is 0 Å². The molecule has 1 fully saturated rings. The minimum atomic E-state index is -0.374. The maximum atomic E-state index is 13.3. The fourth-order valence-corrected chi connectivity index (χ4v) is 4.83. The van der Waals surface area contributed by atoms with Gasteiger partial charge in [0.2, 0.25) is 12.7 Å². The fraction of sp³-hybridized carbons (Fsp3) is 0.346. The van der Waals surface area contributed by atoms with Gasteiger partial charge < -0.3 is 24.2 Å². The van der Waals surface area contributed by atoms with Crippen molar-refractivity contribution in [2.45, 2.75) is 45.3 Å². The first-order valence-corrected chi connectivity index (χ1v) is 12.6. The number of benzene rings is 2. The number of hydrogen-bond acceptors (Lipinski definition) is 6. The van der Waals surface area contributed by atoms with Crippen molar-refractivity contribution in [1.82, 2.24) is 15.4 Å². The summed E-state index contributed by atoms with van der Waals surface area (Å²) in [4.78, 5) is 27.7. The van der Waals surface area contributed by atoms with Crippen LogP contribution < -0.4 is 14.8 Å². The summed E-state index contributed by atoms with van der Waals surface area (Å²) in [5.74, 6) is 1.43. The summed E-state index contributed by atoms with van der Waals surface area (Å²) in [7, 11) is 0. The zero-order chi connectivity index (χ0) is 25.1. The Kier molecular flexibility index (Phi) is 7.34. The van der Waals surface area contributed by atoms with Gasteiger partial charge in [0.1, 0.15) is 0 Å². The fourth-order valence-electron chi connectivity index (χ4n) is 4.51. The van der Waals surface area contributed by atoms with Gasteiger partial charge in [0.05, 0.1) is 16.6 Å². The van der Waals surface area contributed by atoms with Crippen molar-refractivity contribution in [3.05, 3.63) is 75.1 Å². The number of rotatable bonds is 8. The average Bonchev–Trinajstić information content (AvgIpc) is 3.65. The van der Waals surface area contributed by atoms with Gasteiger partial charge in [-0.15, -0.1) is 0 Å². The second-order valence-corrected chi connectivity index (χ2v) is 9.79. The number of nitrogens with zero attached hydrogens (tertiary/aromatic N) is 2. The topological polar surface area (TPSA) is 93.9 Å². The van der Waals surface area contributed by atoms with E-state index >= 15 is 0 Å². The van der Waals surface area contributed by atoms with Crippen LogP contribution in [-0.4, -0.2) is 28.7 Å². The molecule has 10 heteroatoms. The van der Waals surface area contributed by atoms with Crippen molar-refractivity contribution in [2.24, 2.45) is 5.92 Å². The summed E-state index contributed by atoms with van der Waals surface area (Å²) >= 11 is 12.2. The lowest BCUT2D eigenvalue weighted by molar-refractivity contribution is -0.137. The van der Waals surface area contributed by atoms with Crippen LogP contribution in [0.15, 0.2) is 47.0 Å². The van der Waals surface area contributed by atoms with Gasteiger partial charge in [-0.1, -0.05) is 53.3 Å². The Bertz CT molecular complexity index is 1270. The van der Waals surface area contributed by atoms with Crippen LogP contribution >= 0.6 is 23.2 Å². The number of hydrogen-bond donors (Lipinski definition) is 1. The van der Waals surface area contributed by atoms with E-state index in [9.17, 15) is 9.59 Å². The quantitative estimate of drug-likeness (QED) is 0.422. The highest BCUT2D eigenvalue weighted by Crippen LogP contribution is 2.32. The van der Waals surface area contributed by atoms with Crippen molar-refractivity contribution in [2.75, 3.05) is 6.79 Å². The third-order valence-electron chi connectivity index (χ3n) is 6.40.